The molecular weight excluding hydrogens is 490 g/mol. The van der Waals surface area contributed by atoms with Crippen molar-refractivity contribution in [2.45, 2.75) is 48.3 Å². The highest BCUT2D eigenvalue weighted by molar-refractivity contribution is 7.14. The van der Waals surface area contributed by atoms with Gasteiger partial charge in [0.1, 0.15) is 16.8 Å². The lowest BCUT2D eigenvalue weighted by Crippen LogP contribution is -2.25. The molecule has 1 aromatic carbocycles. The number of anilines is 1. The number of benzene rings is 1. The average molecular weight is 520 g/mol. The van der Waals surface area contributed by atoms with Gasteiger partial charge in [-0.05, 0) is 65.8 Å². The zero-order chi connectivity index (χ0) is 27.1. The zero-order valence-corrected chi connectivity index (χ0v) is 22.7. The molecule has 0 saturated carbocycles. The summed E-state index contributed by atoms with van der Waals surface area (Å²) in [5, 5.41) is 13.2. The van der Waals surface area contributed by atoms with E-state index >= 15 is 0 Å². The predicted molar refractivity (Wildman–Crippen MR) is 142 cm³/mol. The molecule has 9 nitrogen and oxygen atoms in total. The molecule has 0 atom stereocenters. The number of thiophene rings is 1. The van der Waals surface area contributed by atoms with Gasteiger partial charge in [-0.25, -0.2) is 4.98 Å². The molecule has 0 aliphatic carbocycles. The van der Waals surface area contributed by atoms with E-state index in [0.717, 1.165) is 15.6 Å². The quantitative estimate of drug-likeness (QED) is 0.337. The van der Waals surface area contributed by atoms with Crippen molar-refractivity contribution in [2.24, 2.45) is 5.41 Å². The summed E-state index contributed by atoms with van der Waals surface area (Å²) in [6.45, 7) is 10.9. The highest BCUT2D eigenvalue weighted by Crippen LogP contribution is 2.31. The van der Waals surface area contributed by atoms with Crippen LogP contribution in [0.5, 0.6) is 5.75 Å². The van der Waals surface area contributed by atoms with E-state index in [4.69, 9.17) is 9.47 Å². The monoisotopic (exact) mass is 519 g/mol. The van der Waals surface area contributed by atoms with E-state index in [2.05, 4.69) is 16.4 Å². The molecule has 0 fully saturated rings. The molecule has 0 spiro atoms. The van der Waals surface area contributed by atoms with Crippen molar-refractivity contribution in [1.82, 2.24) is 14.1 Å². The molecule has 0 aliphatic rings. The van der Waals surface area contributed by atoms with Crippen LogP contribution in [-0.2, 0) is 16.3 Å². The first-order valence-corrected chi connectivity index (χ1v) is 12.5. The lowest BCUT2D eigenvalue weighted by molar-refractivity contribution is -0.156. The van der Waals surface area contributed by atoms with Crippen molar-refractivity contribution in [3.8, 4) is 16.8 Å². The van der Waals surface area contributed by atoms with Gasteiger partial charge in [0, 0.05) is 22.3 Å². The van der Waals surface area contributed by atoms with Gasteiger partial charge in [-0.3, -0.25) is 19.5 Å². The molecule has 0 bridgehead atoms. The minimum absolute atomic E-state index is 0.117. The number of aromatic nitrogens is 3. The van der Waals surface area contributed by atoms with Crippen LogP contribution in [0, 0.1) is 37.5 Å². The van der Waals surface area contributed by atoms with E-state index in [1.165, 1.54) is 11.3 Å². The van der Waals surface area contributed by atoms with Gasteiger partial charge in [-0.1, -0.05) is 0 Å². The number of aryl methyl sites for hydroxylation is 2. The van der Waals surface area contributed by atoms with Crippen LogP contribution in [0.15, 0.2) is 30.3 Å². The van der Waals surface area contributed by atoms with Crippen LogP contribution in [0.3, 0.4) is 0 Å². The van der Waals surface area contributed by atoms with Crippen molar-refractivity contribution < 1.29 is 19.1 Å². The largest absolute Gasteiger partial charge is 0.497 e. The number of carbonyl (C=O) groups is 2. The number of imidazole rings is 1. The Balaban J connectivity index is 1.71. The molecular formula is C27H29N5O4S. The summed E-state index contributed by atoms with van der Waals surface area (Å²) in [5.41, 5.74) is 3.14. The first-order chi connectivity index (χ1) is 17.4. The molecule has 37 heavy (non-hydrogen) atoms. The van der Waals surface area contributed by atoms with E-state index in [-0.39, 0.29) is 24.6 Å². The summed E-state index contributed by atoms with van der Waals surface area (Å²) < 4.78 is 14.4. The number of nitrogens with zero attached hydrogens (tertiary/aromatic N) is 4. The molecule has 1 amide bonds. The normalized spacial score (nSPS) is 11.4. The van der Waals surface area contributed by atoms with Gasteiger partial charge in [-0.15, -0.1) is 11.3 Å². The lowest BCUT2D eigenvalue weighted by Gasteiger charge is -2.18. The fourth-order valence-electron chi connectivity index (χ4n) is 4.02. The Kier molecular flexibility index (Phi) is 6.84. The molecule has 192 valence electrons. The molecule has 0 unspecified atom stereocenters. The fourth-order valence-corrected chi connectivity index (χ4v) is 5.09. The van der Waals surface area contributed by atoms with E-state index in [1.807, 2.05) is 31.4 Å². The van der Waals surface area contributed by atoms with Gasteiger partial charge in [0.2, 0.25) is 5.95 Å². The summed E-state index contributed by atoms with van der Waals surface area (Å²) in [6.07, 6.45) is 0. The van der Waals surface area contributed by atoms with Crippen LogP contribution >= 0.6 is 11.3 Å². The number of nitrogens with one attached hydrogen (secondary N) is 1. The summed E-state index contributed by atoms with van der Waals surface area (Å²) in [5.74, 6) is 0.120. The molecule has 0 saturated heterocycles. The van der Waals surface area contributed by atoms with Crippen molar-refractivity contribution in [1.29, 1.82) is 5.26 Å². The molecule has 0 aliphatic heterocycles. The number of carbonyl (C=O) groups excluding carboxylic acids is 2. The predicted octanol–water partition coefficient (Wildman–Crippen LogP) is 5.49. The maximum atomic E-state index is 13.5. The number of hydrogen-bond donors (Lipinski definition) is 1. The van der Waals surface area contributed by atoms with Gasteiger partial charge in [0.15, 0.2) is 6.73 Å². The molecule has 3 aromatic heterocycles. The van der Waals surface area contributed by atoms with E-state index in [0.29, 0.717) is 33.6 Å². The van der Waals surface area contributed by atoms with Gasteiger partial charge in [-0.2, -0.15) is 5.26 Å². The number of rotatable bonds is 6. The summed E-state index contributed by atoms with van der Waals surface area (Å²) >= 11 is 1.50. The van der Waals surface area contributed by atoms with Gasteiger partial charge in [0.25, 0.3) is 5.91 Å². The molecule has 4 rings (SSSR count). The highest BCUT2D eigenvalue weighted by Gasteiger charge is 2.25. The topological polar surface area (TPSA) is 111 Å². The Hall–Kier alpha value is -4.10. The van der Waals surface area contributed by atoms with Crippen LogP contribution in [0.2, 0.25) is 0 Å². The average Bonchev–Trinajstić information content (AvgIpc) is 3.47. The van der Waals surface area contributed by atoms with Crippen molar-refractivity contribution in [3.63, 3.8) is 0 Å². The van der Waals surface area contributed by atoms with Crippen molar-refractivity contribution >= 4 is 40.2 Å². The molecule has 3 heterocycles. The first-order valence-electron chi connectivity index (χ1n) is 11.7. The van der Waals surface area contributed by atoms with Crippen molar-refractivity contribution in [2.75, 3.05) is 12.4 Å². The second kappa shape index (κ2) is 9.75. The first kappa shape index (κ1) is 26.0. The summed E-state index contributed by atoms with van der Waals surface area (Å²) in [6, 6.07) is 11.2. The van der Waals surface area contributed by atoms with Gasteiger partial charge in [0.05, 0.1) is 34.7 Å². The minimum Gasteiger partial charge on any atom is -0.497 e. The molecule has 10 heteroatoms. The fraction of sp³-hybridized carbons (Fsp3) is 0.333. The third kappa shape index (κ3) is 4.95. The molecule has 1 N–H and O–H groups in total. The Morgan fingerprint density at radius 2 is 1.89 bits per heavy atom. The Labute approximate surface area is 219 Å². The smallest absolute Gasteiger partial charge is 0.312 e. The minimum atomic E-state index is -0.678. The van der Waals surface area contributed by atoms with Crippen LogP contribution in [0.1, 0.15) is 53.0 Å². The van der Waals surface area contributed by atoms with Crippen LogP contribution in [-0.4, -0.2) is 33.1 Å². The third-order valence-corrected chi connectivity index (χ3v) is 6.99. The maximum Gasteiger partial charge on any atom is 0.312 e. The Bertz CT molecular complexity index is 1560. The number of hydrogen-bond acceptors (Lipinski definition) is 7. The van der Waals surface area contributed by atoms with Gasteiger partial charge >= 0.3 is 5.97 Å². The number of ether oxygens (including phenoxy) is 2. The summed E-state index contributed by atoms with van der Waals surface area (Å²) in [7, 11) is 1.56. The second-order valence-corrected chi connectivity index (χ2v) is 11.0. The number of methoxy groups -OCH3 is 1. The standard InChI is InChI=1S/C27H29N5O4S/c1-15-10-20(17(3)32(15)24-18(13-28)11-16(2)37-24)23(33)30-26-29-21-12-19(35-7)8-9-22(21)31(26)14-36-25(34)27(4,5)6/h8-12H,14H2,1-7H3,(H,29,30,33). The SMILES string of the molecule is COc1ccc2c(c1)nc(NC(=O)c1cc(C)n(-c3sc(C)cc3C#N)c1C)n2COC(=O)C(C)(C)C. The maximum absolute atomic E-state index is 13.5. The highest BCUT2D eigenvalue weighted by atomic mass is 32.1. The summed E-state index contributed by atoms with van der Waals surface area (Å²) in [4.78, 5) is 31.5. The third-order valence-electron chi connectivity index (χ3n) is 5.95. The van der Waals surface area contributed by atoms with E-state index in [9.17, 15) is 14.9 Å². The zero-order valence-electron chi connectivity index (χ0n) is 21.9. The van der Waals surface area contributed by atoms with E-state index in [1.54, 1.807) is 56.7 Å². The van der Waals surface area contributed by atoms with Gasteiger partial charge < -0.3 is 14.0 Å². The molecule has 0 radical (unpaired) electrons. The Morgan fingerprint density at radius 3 is 2.54 bits per heavy atom. The van der Waals surface area contributed by atoms with Crippen LogP contribution in [0.25, 0.3) is 16.0 Å². The van der Waals surface area contributed by atoms with E-state index < -0.39 is 5.41 Å². The second-order valence-electron chi connectivity index (χ2n) is 9.79. The number of esters is 1. The number of nitriles is 1. The van der Waals surface area contributed by atoms with Crippen LogP contribution in [0.4, 0.5) is 5.95 Å². The van der Waals surface area contributed by atoms with Crippen LogP contribution < -0.4 is 10.1 Å². The number of fused-ring (bicyclic) bond motifs is 1. The molecule has 4 aromatic rings. The Morgan fingerprint density at radius 1 is 1.16 bits per heavy atom. The van der Waals surface area contributed by atoms with Crippen molar-refractivity contribution in [3.05, 3.63) is 57.7 Å². The lowest BCUT2D eigenvalue weighted by atomic mass is 9.98. The number of amides is 1.